The molecule has 2 fully saturated rings. The van der Waals surface area contributed by atoms with E-state index in [1.807, 2.05) is 60.4 Å². The van der Waals surface area contributed by atoms with Gasteiger partial charge in [-0.1, -0.05) is 12.1 Å². The Morgan fingerprint density at radius 1 is 1.07 bits per heavy atom. The number of amides is 2. The third-order valence-electron chi connectivity index (χ3n) is 5.97. The Bertz CT molecular complexity index is 894. The number of methoxy groups -OCH3 is 1. The monoisotopic (exact) mass is 408 g/mol. The minimum atomic E-state index is -0.303. The summed E-state index contributed by atoms with van der Waals surface area (Å²) in [5.74, 6) is 1.36. The lowest BCUT2D eigenvalue weighted by Crippen LogP contribution is -2.37. The van der Waals surface area contributed by atoms with Gasteiger partial charge in [-0.3, -0.25) is 9.59 Å². The topological polar surface area (TPSA) is 59.1 Å². The zero-order valence-corrected chi connectivity index (χ0v) is 17.5. The fourth-order valence-corrected chi connectivity index (χ4v) is 4.45. The molecule has 2 aliphatic heterocycles. The van der Waals surface area contributed by atoms with E-state index in [1.165, 1.54) is 0 Å². The lowest BCUT2D eigenvalue weighted by atomic mass is 10.0. The van der Waals surface area contributed by atoms with Crippen molar-refractivity contribution in [1.29, 1.82) is 0 Å². The van der Waals surface area contributed by atoms with Crippen molar-refractivity contribution < 1.29 is 19.1 Å². The van der Waals surface area contributed by atoms with Crippen molar-refractivity contribution in [1.82, 2.24) is 4.90 Å². The van der Waals surface area contributed by atoms with Crippen molar-refractivity contribution in [3.8, 4) is 11.5 Å². The van der Waals surface area contributed by atoms with E-state index in [2.05, 4.69) is 0 Å². The molecule has 2 saturated heterocycles. The standard InChI is InChI=1S/C24H28N2O4/c1-3-30-21-10-6-17(7-11-21)22-5-4-14-25(22)24(28)18-15-23(27)26(16-18)19-8-12-20(29-2)13-9-19/h6-13,18,22H,3-5,14-16H2,1-2H3. The van der Waals surface area contributed by atoms with Crippen LogP contribution in [-0.4, -0.2) is 43.5 Å². The van der Waals surface area contributed by atoms with Crippen LogP contribution < -0.4 is 14.4 Å². The van der Waals surface area contributed by atoms with Crippen molar-refractivity contribution in [3.05, 3.63) is 54.1 Å². The Labute approximate surface area is 177 Å². The zero-order valence-electron chi connectivity index (χ0n) is 17.5. The van der Waals surface area contributed by atoms with Gasteiger partial charge in [0, 0.05) is 25.2 Å². The highest BCUT2D eigenvalue weighted by atomic mass is 16.5. The molecule has 6 heteroatoms. The average molecular weight is 408 g/mol. The predicted molar refractivity (Wildman–Crippen MR) is 115 cm³/mol. The Kier molecular flexibility index (Phi) is 5.93. The van der Waals surface area contributed by atoms with E-state index in [1.54, 1.807) is 12.0 Å². The Hall–Kier alpha value is -3.02. The highest BCUT2D eigenvalue weighted by Crippen LogP contribution is 2.36. The van der Waals surface area contributed by atoms with Crippen LogP contribution in [0.2, 0.25) is 0 Å². The van der Waals surface area contributed by atoms with E-state index in [-0.39, 0.29) is 30.2 Å². The summed E-state index contributed by atoms with van der Waals surface area (Å²) in [4.78, 5) is 29.6. The first-order valence-electron chi connectivity index (χ1n) is 10.6. The maximum absolute atomic E-state index is 13.3. The molecular formula is C24H28N2O4. The van der Waals surface area contributed by atoms with Gasteiger partial charge in [-0.25, -0.2) is 0 Å². The molecule has 0 radical (unpaired) electrons. The van der Waals surface area contributed by atoms with Gasteiger partial charge in [-0.05, 0) is 61.7 Å². The lowest BCUT2D eigenvalue weighted by Gasteiger charge is -2.28. The number of hydrogen-bond acceptors (Lipinski definition) is 4. The molecule has 2 amide bonds. The fraction of sp³-hybridized carbons (Fsp3) is 0.417. The van der Waals surface area contributed by atoms with Gasteiger partial charge in [0.1, 0.15) is 11.5 Å². The molecule has 0 bridgehead atoms. The molecule has 2 aromatic rings. The van der Waals surface area contributed by atoms with Crippen LogP contribution in [0.3, 0.4) is 0 Å². The second kappa shape index (κ2) is 8.78. The van der Waals surface area contributed by atoms with Crippen molar-refractivity contribution in [2.45, 2.75) is 32.2 Å². The van der Waals surface area contributed by atoms with Gasteiger partial charge in [0.15, 0.2) is 0 Å². The maximum atomic E-state index is 13.3. The maximum Gasteiger partial charge on any atom is 0.228 e. The largest absolute Gasteiger partial charge is 0.497 e. The number of hydrogen-bond donors (Lipinski definition) is 0. The summed E-state index contributed by atoms with van der Waals surface area (Å²) >= 11 is 0. The van der Waals surface area contributed by atoms with Crippen LogP contribution in [-0.2, 0) is 9.59 Å². The summed E-state index contributed by atoms with van der Waals surface area (Å²) in [5, 5.41) is 0. The van der Waals surface area contributed by atoms with Gasteiger partial charge >= 0.3 is 0 Å². The van der Waals surface area contributed by atoms with Crippen molar-refractivity contribution in [3.63, 3.8) is 0 Å². The molecule has 0 aliphatic carbocycles. The number of carbonyl (C=O) groups is 2. The summed E-state index contributed by atoms with van der Waals surface area (Å²) in [7, 11) is 1.61. The van der Waals surface area contributed by atoms with Crippen molar-refractivity contribution in [2.24, 2.45) is 5.92 Å². The first-order chi connectivity index (χ1) is 14.6. The molecule has 0 spiro atoms. The fourth-order valence-electron chi connectivity index (χ4n) is 4.45. The predicted octanol–water partition coefficient (Wildman–Crippen LogP) is 3.81. The number of likely N-dealkylation sites (tertiary alicyclic amines) is 1. The first-order valence-corrected chi connectivity index (χ1v) is 10.6. The molecule has 0 N–H and O–H groups in total. The quantitative estimate of drug-likeness (QED) is 0.729. The van der Waals surface area contributed by atoms with E-state index in [9.17, 15) is 9.59 Å². The molecule has 4 rings (SSSR count). The number of benzene rings is 2. The highest BCUT2D eigenvalue weighted by Gasteiger charge is 2.40. The Balaban J connectivity index is 1.46. The smallest absolute Gasteiger partial charge is 0.228 e. The van der Waals surface area contributed by atoms with E-state index in [4.69, 9.17) is 9.47 Å². The van der Waals surface area contributed by atoms with E-state index in [0.717, 1.165) is 42.1 Å². The van der Waals surface area contributed by atoms with Gasteiger partial charge in [0.2, 0.25) is 11.8 Å². The lowest BCUT2D eigenvalue weighted by molar-refractivity contribution is -0.136. The molecule has 0 saturated carbocycles. The second-order valence-electron chi connectivity index (χ2n) is 7.80. The van der Waals surface area contributed by atoms with Crippen LogP contribution in [0.1, 0.15) is 37.8 Å². The van der Waals surface area contributed by atoms with Crippen LogP contribution >= 0.6 is 0 Å². The van der Waals surface area contributed by atoms with Gasteiger partial charge in [-0.15, -0.1) is 0 Å². The number of ether oxygens (including phenoxy) is 2. The Morgan fingerprint density at radius 2 is 1.77 bits per heavy atom. The molecule has 2 aromatic carbocycles. The molecule has 0 aromatic heterocycles. The SMILES string of the molecule is CCOc1ccc(C2CCCN2C(=O)C2CC(=O)N(c3ccc(OC)cc3)C2)cc1. The number of carbonyl (C=O) groups excluding carboxylic acids is 2. The summed E-state index contributed by atoms with van der Waals surface area (Å²) in [6.45, 7) is 3.76. The van der Waals surface area contributed by atoms with Crippen LogP contribution in [0.5, 0.6) is 11.5 Å². The van der Waals surface area contributed by atoms with Crippen LogP contribution in [0.25, 0.3) is 0 Å². The number of rotatable bonds is 6. The summed E-state index contributed by atoms with van der Waals surface area (Å²) in [6.07, 6.45) is 2.19. The van der Waals surface area contributed by atoms with Gasteiger partial charge < -0.3 is 19.3 Å². The summed E-state index contributed by atoms with van der Waals surface area (Å²) in [6, 6.07) is 15.5. The minimum Gasteiger partial charge on any atom is -0.497 e. The highest BCUT2D eigenvalue weighted by molar-refractivity contribution is 6.00. The van der Waals surface area contributed by atoms with Gasteiger partial charge in [-0.2, -0.15) is 0 Å². The van der Waals surface area contributed by atoms with E-state index < -0.39 is 0 Å². The third kappa shape index (κ3) is 3.99. The molecule has 2 heterocycles. The molecule has 2 unspecified atom stereocenters. The molecule has 158 valence electrons. The Morgan fingerprint density at radius 3 is 2.43 bits per heavy atom. The summed E-state index contributed by atoms with van der Waals surface area (Å²) < 4.78 is 10.7. The first kappa shape index (κ1) is 20.3. The normalized spacial score (nSPS) is 21.2. The van der Waals surface area contributed by atoms with Gasteiger partial charge in [0.05, 0.1) is 25.7 Å². The number of nitrogens with zero attached hydrogens (tertiary/aromatic N) is 2. The molecule has 2 aliphatic rings. The zero-order chi connectivity index (χ0) is 21.1. The van der Waals surface area contributed by atoms with Crippen LogP contribution in [0.15, 0.2) is 48.5 Å². The van der Waals surface area contributed by atoms with Gasteiger partial charge in [0.25, 0.3) is 0 Å². The molecule has 2 atom stereocenters. The molecule has 30 heavy (non-hydrogen) atoms. The van der Waals surface area contributed by atoms with Crippen LogP contribution in [0, 0.1) is 5.92 Å². The van der Waals surface area contributed by atoms with E-state index >= 15 is 0 Å². The minimum absolute atomic E-state index is 0.00432. The van der Waals surface area contributed by atoms with Crippen LogP contribution in [0.4, 0.5) is 5.69 Å². The average Bonchev–Trinajstić information content (AvgIpc) is 3.41. The summed E-state index contributed by atoms with van der Waals surface area (Å²) in [5.41, 5.74) is 1.93. The van der Waals surface area contributed by atoms with Crippen molar-refractivity contribution >= 4 is 17.5 Å². The van der Waals surface area contributed by atoms with Crippen molar-refractivity contribution in [2.75, 3.05) is 31.7 Å². The second-order valence-corrected chi connectivity index (χ2v) is 7.80. The molecule has 6 nitrogen and oxygen atoms in total. The third-order valence-corrected chi connectivity index (χ3v) is 5.97. The van der Waals surface area contributed by atoms with E-state index in [0.29, 0.717) is 13.2 Å². The molecular weight excluding hydrogens is 380 g/mol. The number of anilines is 1.